The van der Waals surface area contributed by atoms with E-state index < -0.39 is 0 Å². The molecule has 0 aliphatic carbocycles. The van der Waals surface area contributed by atoms with Crippen LogP contribution in [0.15, 0.2) is 60.8 Å². The minimum absolute atomic E-state index is 0.347. The van der Waals surface area contributed by atoms with Gasteiger partial charge in [-0.3, -0.25) is 0 Å². The van der Waals surface area contributed by atoms with Crippen molar-refractivity contribution in [1.82, 2.24) is 10.3 Å². The Labute approximate surface area is 129 Å². The number of nitrogens with one attached hydrogen (secondary N) is 1. The molecule has 1 aromatic heterocycles. The Morgan fingerprint density at radius 3 is 2.19 bits per heavy atom. The molecule has 0 bridgehead atoms. The maximum absolute atomic E-state index is 4.54. The van der Waals surface area contributed by atoms with Gasteiger partial charge in [0.2, 0.25) is 0 Å². The highest BCUT2D eigenvalue weighted by molar-refractivity contribution is 7.15. The summed E-state index contributed by atoms with van der Waals surface area (Å²) in [5.41, 5.74) is 3.65. The molecule has 106 valence electrons. The molecule has 3 heteroatoms. The smallest absolute Gasteiger partial charge is 0.123 e. The minimum atomic E-state index is 0.347. The van der Waals surface area contributed by atoms with Crippen molar-refractivity contribution in [3.63, 3.8) is 0 Å². The highest BCUT2D eigenvalue weighted by Gasteiger charge is 2.09. The standard InChI is InChI=1S/C18H18N2S/c1-13(19-2)17-12-20-18(21-17)16-10-8-15(9-11-16)14-6-4-3-5-7-14/h3-13,19H,1-2H3. The molecular formula is C18H18N2S. The van der Waals surface area contributed by atoms with Crippen LogP contribution in [0.3, 0.4) is 0 Å². The van der Waals surface area contributed by atoms with E-state index in [1.165, 1.54) is 21.6 Å². The van der Waals surface area contributed by atoms with Gasteiger partial charge in [-0.2, -0.15) is 0 Å². The topological polar surface area (TPSA) is 24.9 Å². The molecule has 3 aromatic rings. The van der Waals surface area contributed by atoms with Crippen molar-refractivity contribution in [3.05, 3.63) is 65.7 Å². The average Bonchev–Trinajstić information content (AvgIpc) is 3.05. The van der Waals surface area contributed by atoms with E-state index in [1.807, 2.05) is 19.3 Å². The van der Waals surface area contributed by atoms with E-state index >= 15 is 0 Å². The number of nitrogens with zero attached hydrogens (tertiary/aromatic N) is 1. The first-order valence-electron chi connectivity index (χ1n) is 7.07. The maximum Gasteiger partial charge on any atom is 0.123 e. The molecule has 0 aliphatic rings. The zero-order valence-corrected chi connectivity index (χ0v) is 13.0. The minimum Gasteiger partial charge on any atom is -0.312 e. The van der Waals surface area contributed by atoms with Gasteiger partial charge < -0.3 is 5.32 Å². The molecule has 1 unspecified atom stereocenters. The second kappa shape index (κ2) is 6.20. The van der Waals surface area contributed by atoms with Gasteiger partial charge in [-0.25, -0.2) is 4.98 Å². The van der Waals surface area contributed by atoms with Gasteiger partial charge in [0.15, 0.2) is 0 Å². The SMILES string of the molecule is CNC(C)c1cnc(-c2ccc(-c3ccccc3)cc2)s1. The molecule has 2 aromatic carbocycles. The quantitative estimate of drug-likeness (QED) is 0.750. The lowest BCUT2D eigenvalue weighted by molar-refractivity contribution is 0.662. The van der Waals surface area contributed by atoms with Crippen molar-refractivity contribution in [1.29, 1.82) is 0 Å². The predicted molar refractivity (Wildman–Crippen MR) is 90.5 cm³/mol. The van der Waals surface area contributed by atoms with Crippen LogP contribution < -0.4 is 5.32 Å². The predicted octanol–water partition coefficient (Wildman–Crippen LogP) is 4.76. The molecule has 3 rings (SSSR count). The summed E-state index contributed by atoms with van der Waals surface area (Å²) in [5, 5.41) is 4.32. The van der Waals surface area contributed by atoms with Gasteiger partial charge in [0, 0.05) is 22.7 Å². The van der Waals surface area contributed by atoms with Crippen molar-refractivity contribution in [2.45, 2.75) is 13.0 Å². The first-order chi connectivity index (χ1) is 10.3. The average molecular weight is 294 g/mol. The van der Waals surface area contributed by atoms with Crippen molar-refractivity contribution in [2.75, 3.05) is 7.05 Å². The number of benzene rings is 2. The van der Waals surface area contributed by atoms with Crippen LogP contribution in [0.5, 0.6) is 0 Å². The summed E-state index contributed by atoms with van der Waals surface area (Å²) in [7, 11) is 1.97. The summed E-state index contributed by atoms with van der Waals surface area (Å²) in [6.45, 7) is 2.15. The lowest BCUT2D eigenvalue weighted by atomic mass is 10.0. The fourth-order valence-electron chi connectivity index (χ4n) is 2.20. The van der Waals surface area contributed by atoms with Crippen molar-refractivity contribution in [2.24, 2.45) is 0 Å². The molecule has 1 atom stereocenters. The molecule has 2 nitrogen and oxygen atoms in total. The zero-order valence-electron chi connectivity index (χ0n) is 12.2. The summed E-state index contributed by atoms with van der Waals surface area (Å²) >= 11 is 1.75. The first kappa shape index (κ1) is 14.0. The Bertz CT molecular complexity index is 702. The fourth-order valence-corrected chi connectivity index (χ4v) is 3.18. The Kier molecular flexibility index (Phi) is 4.13. The third kappa shape index (κ3) is 3.04. The van der Waals surface area contributed by atoms with Crippen LogP contribution in [0.4, 0.5) is 0 Å². The molecule has 1 N–H and O–H groups in total. The van der Waals surface area contributed by atoms with Crippen molar-refractivity contribution >= 4 is 11.3 Å². The van der Waals surface area contributed by atoms with E-state index in [-0.39, 0.29) is 0 Å². The summed E-state index contributed by atoms with van der Waals surface area (Å²) < 4.78 is 0. The number of aromatic nitrogens is 1. The van der Waals surface area contributed by atoms with Crippen LogP contribution in [0.25, 0.3) is 21.7 Å². The van der Waals surface area contributed by atoms with E-state index in [2.05, 4.69) is 65.8 Å². The van der Waals surface area contributed by atoms with Crippen LogP contribution in [0.2, 0.25) is 0 Å². The van der Waals surface area contributed by atoms with Crippen LogP contribution in [0.1, 0.15) is 17.8 Å². The van der Waals surface area contributed by atoms with Crippen molar-refractivity contribution < 1.29 is 0 Å². The van der Waals surface area contributed by atoms with Gasteiger partial charge in [0.1, 0.15) is 5.01 Å². The highest BCUT2D eigenvalue weighted by atomic mass is 32.1. The molecule has 1 heterocycles. The van der Waals surface area contributed by atoms with Gasteiger partial charge in [0.05, 0.1) is 0 Å². The van der Waals surface area contributed by atoms with Crippen LogP contribution >= 0.6 is 11.3 Å². The zero-order chi connectivity index (χ0) is 14.7. The van der Waals surface area contributed by atoms with E-state index in [0.717, 1.165) is 5.01 Å². The van der Waals surface area contributed by atoms with Gasteiger partial charge in [-0.1, -0.05) is 54.6 Å². The molecule has 0 saturated carbocycles. The molecule has 21 heavy (non-hydrogen) atoms. The number of hydrogen-bond acceptors (Lipinski definition) is 3. The first-order valence-corrected chi connectivity index (χ1v) is 7.88. The third-order valence-electron chi connectivity index (χ3n) is 3.62. The molecule has 0 radical (unpaired) electrons. The molecule has 0 spiro atoms. The molecule has 0 aliphatic heterocycles. The molecule has 0 amide bonds. The lowest BCUT2D eigenvalue weighted by Gasteiger charge is -2.05. The molecule has 0 saturated heterocycles. The van der Waals surface area contributed by atoms with Gasteiger partial charge in [-0.05, 0) is 25.1 Å². The number of rotatable bonds is 4. The summed E-state index contributed by atoms with van der Waals surface area (Å²) in [6.07, 6.45) is 1.96. The Morgan fingerprint density at radius 1 is 0.905 bits per heavy atom. The van der Waals surface area contributed by atoms with Gasteiger partial charge >= 0.3 is 0 Å². The second-order valence-corrected chi connectivity index (χ2v) is 6.08. The van der Waals surface area contributed by atoms with Crippen LogP contribution in [-0.4, -0.2) is 12.0 Å². The monoisotopic (exact) mass is 294 g/mol. The summed E-state index contributed by atoms with van der Waals surface area (Å²) in [5.74, 6) is 0. The normalized spacial score (nSPS) is 12.3. The van der Waals surface area contributed by atoms with Gasteiger partial charge in [-0.15, -0.1) is 11.3 Å². The van der Waals surface area contributed by atoms with Crippen molar-refractivity contribution in [3.8, 4) is 21.7 Å². The van der Waals surface area contributed by atoms with E-state index in [4.69, 9.17) is 0 Å². The van der Waals surface area contributed by atoms with Crippen LogP contribution in [-0.2, 0) is 0 Å². The summed E-state index contributed by atoms with van der Waals surface area (Å²) in [6, 6.07) is 19.4. The number of hydrogen-bond donors (Lipinski definition) is 1. The Balaban J connectivity index is 1.86. The third-order valence-corrected chi connectivity index (χ3v) is 4.85. The maximum atomic E-state index is 4.54. The Morgan fingerprint density at radius 2 is 1.52 bits per heavy atom. The largest absolute Gasteiger partial charge is 0.312 e. The molecular weight excluding hydrogens is 276 g/mol. The van der Waals surface area contributed by atoms with Crippen LogP contribution in [0, 0.1) is 0 Å². The Hall–Kier alpha value is -1.97. The van der Waals surface area contributed by atoms with E-state index in [1.54, 1.807) is 11.3 Å². The second-order valence-electron chi connectivity index (χ2n) is 5.02. The van der Waals surface area contributed by atoms with Gasteiger partial charge in [0.25, 0.3) is 0 Å². The molecule has 0 fully saturated rings. The van der Waals surface area contributed by atoms with E-state index in [0.29, 0.717) is 6.04 Å². The number of thiazole rings is 1. The lowest BCUT2D eigenvalue weighted by Crippen LogP contribution is -2.10. The summed E-state index contributed by atoms with van der Waals surface area (Å²) in [4.78, 5) is 5.80. The van der Waals surface area contributed by atoms with E-state index in [9.17, 15) is 0 Å². The highest BCUT2D eigenvalue weighted by Crippen LogP contribution is 2.30. The fraction of sp³-hybridized carbons (Fsp3) is 0.167.